The number of ether oxygens (including phenoxy) is 1. The molecule has 128 valence electrons. The lowest BCUT2D eigenvalue weighted by molar-refractivity contribution is 0.324. The van der Waals surface area contributed by atoms with Gasteiger partial charge in [0.2, 0.25) is 5.88 Å². The molecule has 0 spiro atoms. The summed E-state index contributed by atoms with van der Waals surface area (Å²) in [5, 5.41) is 3.57. The highest BCUT2D eigenvalue weighted by Gasteiger charge is 2.14. The summed E-state index contributed by atoms with van der Waals surface area (Å²) in [6.45, 7) is 2.73. The number of aromatic amines is 1. The Labute approximate surface area is 149 Å². The smallest absolute Gasteiger partial charge is 0.284 e. The summed E-state index contributed by atoms with van der Waals surface area (Å²) in [6.07, 6.45) is 4.98. The number of rotatable bonds is 6. The molecule has 7 heteroatoms. The number of nitrogens with one attached hydrogen (secondary N) is 1. The molecular weight excluding hydrogens is 340 g/mol. The van der Waals surface area contributed by atoms with E-state index in [2.05, 4.69) is 15.1 Å². The standard InChI is InChI=1S/C18H17ClN4O2/c1-2-25-17-16(12-21-11-13-4-3-9-20-10-13)18(24)23(22-17)15-7-5-14(19)6-8-15/h3-10,12,22H,2,11H2,1H3. The lowest BCUT2D eigenvalue weighted by Crippen LogP contribution is -2.17. The van der Waals surface area contributed by atoms with Crippen LogP contribution in [0.1, 0.15) is 18.1 Å². The zero-order chi connectivity index (χ0) is 17.6. The Bertz CT molecular complexity index is 914. The van der Waals surface area contributed by atoms with Gasteiger partial charge in [0.1, 0.15) is 5.56 Å². The minimum absolute atomic E-state index is 0.235. The van der Waals surface area contributed by atoms with Crippen LogP contribution in [0.4, 0.5) is 0 Å². The monoisotopic (exact) mass is 356 g/mol. The van der Waals surface area contributed by atoms with Crippen molar-refractivity contribution in [3.8, 4) is 11.6 Å². The maximum Gasteiger partial charge on any atom is 0.284 e. The number of pyridine rings is 1. The molecule has 25 heavy (non-hydrogen) atoms. The van der Waals surface area contributed by atoms with Gasteiger partial charge in [-0.25, -0.2) is 4.68 Å². The van der Waals surface area contributed by atoms with Gasteiger partial charge in [-0.15, -0.1) is 0 Å². The summed E-state index contributed by atoms with van der Waals surface area (Å²) < 4.78 is 6.95. The number of H-pyrrole nitrogens is 1. The molecule has 0 atom stereocenters. The predicted octanol–water partition coefficient (Wildman–Crippen LogP) is 3.23. The second kappa shape index (κ2) is 7.81. The summed E-state index contributed by atoms with van der Waals surface area (Å²) >= 11 is 5.90. The third-order valence-corrected chi connectivity index (χ3v) is 3.73. The van der Waals surface area contributed by atoms with E-state index >= 15 is 0 Å². The fourth-order valence-electron chi connectivity index (χ4n) is 2.30. The van der Waals surface area contributed by atoms with Crippen LogP contribution in [0.15, 0.2) is 58.6 Å². The number of aliphatic imine (C=N–C) groups is 1. The fraction of sp³-hybridized carbons (Fsp3) is 0.167. The van der Waals surface area contributed by atoms with Crippen LogP contribution in [-0.4, -0.2) is 27.6 Å². The molecule has 1 N–H and O–H groups in total. The Morgan fingerprint density at radius 2 is 2.12 bits per heavy atom. The summed E-state index contributed by atoms with van der Waals surface area (Å²) in [5.74, 6) is 0.386. The first-order valence-electron chi connectivity index (χ1n) is 7.81. The second-order valence-corrected chi connectivity index (χ2v) is 5.67. The first-order chi connectivity index (χ1) is 12.2. The largest absolute Gasteiger partial charge is 0.478 e. The lowest BCUT2D eigenvalue weighted by atomic mass is 10.3. The molecule has 0 aliphatic rings. The molecule has 6 nitrogen and oxygen atoms in total. The average Bonchev–Trinajstić information content (AvgIpc) is 2.93. The van der Waals surface area contributed by atoms with Crippen LogP contribution in [0.5, 0.6) is 5.88 Å². The maximum atomic E-state index is 12.7. The molecule has 0 fully saturated rings. The quantitative estimate of drug-likeness (QED) is 0.689. The van der Waals surface area contributed by atoms with Crippen molar-refractivity contribution >= 4 is 17.8 Å². The second-order valence-electron chi connectivity index (χ2n) is 5.24. The first-order valence-corrected chi connectivity index (χ1v) is 8.19. The minimum Gasteiger partial charge on any atom is -0.478 e. The molecule has 0 unspecified atom stereocenters. The minimum atomic E-state index is -0.235. The molecule has 0 amide bonds. The SMILES string of the molecule is CCOc1[nH]n(-c2ccc(Cl)cc2)c(=O)c1C=NCc1cccnc1. The zero-order valence-corrected chi connectivity index (χ0v) is 14.4. The van der Waals surface area contributed by atoms with Gasteiger partial charge in [-0.1, -0.05) is 17.7 Å². The van der Waals surface area contributed by atoms with Crippen LogP contribution in [-0.2, 0) is 6.54 Å². The van der Waals surface area contributed by atoms with Crippen molar-refractivity contribution in [3.05, 3.63) is 75.3 Å². The lowest BCUT2D eigenvalue weighted by Gasteiger charge is -2.02. The van der Waals surface area contributed by atoms with Crippen LogP contribution in [0.3, 0.4) is 0 Å². The van der Waals surface area contributed by atoms with E-state index in [4.69, 9.17) is 16.3 Å². The van der Waals surface area contributed by atoms with E-state index in [1.807, 2.05) is 19.1 Å². The Morgan fingerprint density at radius 1 is 1.32 bits per heavy atom. The summed E-state index contributed by atoms with van der Waals surface area (Å²) in [6, 6.07) is 10.7. The van der Waals surface area contributed by atoms with Crippen molar-refractivity contribution in [2.75, 3.05) is 6.61 Å². The van der Waals surface area contributed by atoms with Gasteiger partial charge in [-0.3, -0.25) is 19.9 Å². The van der Waals surface area contributed by atoms with Crippen molar-refractivity contribution in [2.24, 2.45) is 4.99 Å². The highest BCUT2D eigenvalue weighted by Crippen LogP contribution is 2.15. The normalized spacial score (nSPS) is 11.1. The van der Waals surface area contributed by atoms with Crippen molar-refractivity contribution in [3.63, 3.8) is 0 Å². The van der Waals surface area contributed by atoms with Crippen LogP contribution >= 0.6 is 11.6 Å². The number of hydrogen-bond acceptors (Lipinski definition) is 4. The molecule has 0 saturated carbocycles. The number of benzene rings is 1. The van der Waals surface area contributed by atoms with Gasteiger partial charge >= 0.3 is 0 Å². The molecule has 0 aliphatic carbocycles. The third-order valence-electron chi connectivity index (χ3n) is 3.48. The Hall–Kier alpha value is -2.86. The number of aromatic nitrogens is 3. The van der Waals surface area contributed by atoms with Crippen molar-refractivity contribution < 1.29 is 4.74 Å². The van der Waals surface area contributed by atoms with E-state index in [1.54, 1.807) is 36.7 Å². The number of nitrogens with zero attached hydrogens (tertiary/aromatic N) is 3. The molecule has 3 rings (SSSR count). The molecular formula is C18H17ClN4O2. The van der Waals surface area contributed by atoms with Gasteiger partial charge in [0.15, 0.2) is 0 Å². The topological polar surface area (TPSA) is 72.3 Å². The third kappa shape index (κ3) is 3.97. The van der Waals surface area contributed by atoms with Crippen LogP contribution in [0, 0.1) is 0 Å². The van der Waals surface area contributed by atoms with E-state index in [-0.39, 0.29) is 5.56 Å². The van der Waals surface area contributed by atoms with E-state index < -0.39 is 0 Å². The van der Waals surface area contributed by atoms with E-state index in [0.29, 0.717) is 35.3 Å². The van der Waals surface area contributed by atoms with Crippen molar-refractivity contribution in [1.82, 2.24) is 14.8 Å². The Morgan fingerprint density at radius 3 is 2.80 bits per heavy atom. The highest BCUT2D eigenvalue weighted by molar-refractivity contribution is 6.30. The summed E-state index contributed by atoms with van der Waals surface area (Å²) in [7, 11) is 0. The number of hydrogen-bond donors (Lipinski definition) is 1. The molecule has 0 aliphatic heterocycles. The van der Waals surface area contributed by atoms with E-state index in [9.17, 15) is 4.79 Å². The van der Waals surface area contributed by atoms with Crippen LogP contribution in [0.25, 0.3) is 5.69 Å². The van der Waals surface area contributed by atoms with Crippen molar-refractivity contribution in [1.29, 1.82) is 0 Å². The van der Waals surface area contributed by atoms with Gasteiger partial charge in [0, 0.05) is 23.6 Å². The number of halogens is 1. The zero-order valence-electron chi connectivity index (χ0n) is 13.6. The molecule has 3 aromatic rings. The molecule has 2 heterocycles. The summed E-state index contributed by atoms with van der Waals surface area (Å²) in [4.78, 5) is 21.1. The van der Waals surface area contributed by atoms with Gasteiger partial charge in [0.05, 0.1) is 18.8 Å². The fourth-order valence-corrected chi connectivity index (χ4v) is 2.43. The first kappa shape index (κ1) is 17.0. The molecule has 2 aromatic heterocycles. The van der Waals surface area contributed by atoms with Crippen LogP contribution in [0.2, 0.25) is 5.02 Å². The van der Waals surface area contributed by atoms with Gasteiger partial charge in [-0.05, 0) is 42.8 Å². The van der Waals surface area contributed by atoms with Gasteiger partial charge in [-0.2, -0.15) is 0 Å². The van der Waals surface area contributed by atoms with E-state index in [0.717, 1.165) is 5.56 Å². The average molecular weight is 357 g/mol. The highest BCUT2D eigenvalue weighted by atomic mass is 35.5. The van der Waals surface area contributed by atoms with E-state index in [1.165, 1.54) is 10.9 Å². The molecule has 0 bridgehead atoms. The van der Waals surface area contributed by atoms with Gasteiger partial charge < -0.3 is 4.74 Å². The van der Waals surface area contributed by atoms with Gasteiger partial charge in [0.25, 0.3) is 5.56 Å². The van der Waals surface area contributed by atoms with Crippen LogP contribution < -0.4 is 10.3 Å². The summed E-state index contributed by atoms with van der Waals surface area (Å²) in [5.41, 5.74) is 1.77. The maximum absolute atomic E-state index is 12.7. The van der Waals surface area contributed by atoms with Crippen molar-refractivity contribution in [2.45, 2.75) is 13.5 Å². The molecule has 0 saturated heterocycles. The predicted molar refractivity (Wildman–Crippen MR) is 98.1 cm³/mol. The Balaban J connectivity index is 1.92. The molecule has 0 radical (unpaired) electrons. The Kier molecular flexibility index (Phi) is 5.30. The molecule has 1 aromatic carbocycles.